The van der Waals surface area contributed by atoms with Crippen LogP contribution >= 0.6 is 11.3 Å². The van der Waals surface area contributed by atoms with Gasteiger partial charge in [0.05, 0.1) is 10.6 Å². The van der Waals surface area contributed by atoms with Crippen molar-refractivity contribution in [2.75, 3.05) is 5.32 Å². The fourth-order valence-corrected chi connectivity index (χ4v) is 3.93. The summed E-state index contributed by atoms with van der Waals surface area (Å²) in [6.07, 6.45) is 4.60. The van der Waals surface area contributed by atoms with Gasteiger partial charge in [-0.3, -0.25) is 4.79 Å². The van der Waals surface area contributed by atoms with Gasteiger partial charge in [0.25, 0.3) is 5.91 Å². The molecule has 1 amide bonds. The van der Waals surface area contributed by atoms with Crippen LogP contribution in [0.2, 0.25) is 0 Å². The molecule has 0 saturated heterocycles. The summed E-state index contributed by atoms with van der Waals surface area (Å²) in [5.74, 6) is 0.711. The van der Waals surface area contributed by atoms with Gasteiger partial charge in [0, 0.05) is 4.88 Å². The van der Waals surface area contributed by atoms with Crippen molar-refractivity contribution in [1.29, 1.82) is 0 Å². The van der Waals surface area contributed by atoms with E-state index in [1.54, 1.807) is 35.6 Å². The normalized spacial score (nSPS) is 17.3. The highest BCUT2D eigenvalue weighted by Gasteiger charge is 2.22. The maximum atomic E-state index is 12.3. The predicted octanol–water partition coefficient (Wildman–Crippen LogP) is 4.22. The van der Waals surface area contributed by atoms with Crippen LogP contribution in [0.3, 0.4) is 0 Å². The Bertz CT molecular complexity index is 663. The highest BCUT2D eigenvalue weighted by Crippen LogP contribution is 2.34. The SMILES string of the molecule is CC[C@H]1CCc2sc(C(=O)Nc3ccccc3O)cc2C1. The van der Waals surface area contributed by atoms with Gasteiger partial charge in [-0.15, -0.1) is 11.3 Å². The van der Waals surface area contributed by atoms with Gasteiger partial charge in [-0.25, -0.2) is 0 Å². The van der Waals surface area contributed by atoms with Crippen molar-refractivity contribution in [3.8, 4) is 5.75 Å². The summed E-state index contributed by atoms with van der Waals surface area (Å²) in [5.41, 5.74) is 1.79. The van der Waals surface area contributed by atoms with Gasteiger partial charge < -0.3 is 10.4 Å². The van der Waals surface area contributed by atoms with Crippen molar-refractivity contribution in [3.63, 3.8) is 0 Å². The third-order valence-corrected chi connectivity index (χ3v) is 5.37. The quantitative estimate of drug-likeness (QED) is 0.834. The molecule has 0 unspecified atom stereocenters. The molecule has 1 atom stereocenters. The van der Waals surface area contributed by atoms with E-state index in [-0.39, 0.29) is 11.7 Å². The van der Waals surface area contributed by atoms with Gasteiger partial charge in [0.15, 0.2) is 0 Å². The summed E-state index contributed by atoms with van der Waals surface area (Å²) in [6.45, 7) is 2.23. The van der Waals surface area contributed by atoms with Gasteiger partial charge in [0.1, 0.15) is 5.75 Å². The van der Waals surface area contributed by atoms with Crippen molar-refractivity contribution < 1.29 is 9.90 Å². The van der Waals surface area contributed by atoms with Crippen LogP contribution in [0.1, 0.15) is 39.9 Å². The lowest BCUT2D eigenvalue weighted by Crippen LogP contribution is -2.11. The molecule has 3 nitrogen and oxygen atoms in total. The number of aromatic hydroxyl groups is 1. The average molecular weight is 301 g/mol. The number of rotatable bonds is 3. The van der Waals surface area contributed by atoms with E-state index in [4.69, 9.17) is 0 Å². The number of benzene rings is 1. The van der Waals surface area contributed by atoms with Crippen LogP contribution in [0, 0.1) is 5.92 Å². The van der Waals surface area contributed by atoms with Crippen LogP contribution in [-0.4, -0.2) is 11.0 Å². The number of fused-ring (bicyclic) bond motifs is 1. The molecule has 1 heterocycles. The van der Waals surface area contributed by atoms with Crippen LogP contribution < -0.4 is 5.32 Å². The van der Waals surface area contributed by atoms with E-state index in [1.807, 2.05) is 6.07 Å². The zero-order valence-electron chi connectivity index (χ0n) is 12.1. The van der Waals surface area contributed by atoms with Crippen LogP contribution in [0.4, 0.5) is 5.69 Å². The van der Waals surface area contributed by atoms with Crippen molar-refractivity contribution in [3.05, 3.63) is 45.6 Å². The number of phenolic OH excluding ortho intramolecular Hbond substituents is 1. The number of phenols is 1. The fourth-order valence-electron chi connectivity index (χ4n) is 2.82. The molecular formula is C17H19NO2S. The molecule has 0 saturated carbocycles. The topological polar surface area (TPSA) is 49.3 Å². The zero-order chi connectivity index (χ0) is 14.8. The molecule has 1 aromatic heterocycles. The molecule has 21 heavy (non-hydrogen) atoms. The molecule has 0 radical (unpaired) electrons. The second kappa shape index (κ2) is 5.90. The number of hydrogen-bond donors (Lipinski definition) is 2. The maximum Gasteiger partial charge on any atom is 0.265 e. The number of thiophene rings is 1. The van der Waals surface area contributed by atoms with Crippen molar-refractivity contribution in [2.24, 2.45) is 5.92 Å². The number of hydrogen-bond acceptors (Lipinski definition) is 3. The summed E-state index contributed by atoms with van der Waals surface area (Å²) in [7, 11) is 0. The summed E-state index contributed by atoms with van der Waals surface area (Å²) in [5, 5.41) is 12.5. The van der Waals surface area contributed by atoms with Crippen LogP contribution in [0.5, 0.6) is 5.75 Å². The number of carbonyl (C=O) groups excluding carboxylic acids is 1. The van der Waals surface area contributed by atoms with Crippen LogP contribution in [0.25, 0.3) is 0 Å². The fraction of sp³-hybridized carbons (Fsp3) is 0.353. The Labute approximate surface area is 128 Å². The molecule has 0 spiro atoms. The summed E-state index contributed by atoms with van der Waals surface area (Å²) in [6, 6.07) is 8.83. The zero-order valence-corrected chi connectivity index (χ0v) is 12.9. The Kier molecular flexibility index (Phi) is 3.97. The molecule has 0 bridgehead atoms. The second-order valence-electron chi connectivity index (χ2n) is 5.55. The van der Waals surface area contributed by atoms with E-state index in [0.717, 1.165) is 23.6 Å². The highest BCUT2D eigenvalue weighted by molar-refractivity contribution is 7.14. The minimum Gasteiger partial charge on any atom is -0.506 e. The first-order valence-electron chi connectivity index (χ1n) is 7.38. The van der Waals surface area contributed by atoms with E-state index >= 15 is 0 Å². The Balaban J connectivity index is 1.77. The van der Waals surface area contributed by atoms with E-state index in [0.29, 0.717) is 5.69 Å². The molecule has 4 heteroatoms. The minimum absolute atomic E-state index is 0.0956. The number of aryl methyl sites for hydroxylation is 1. The third-order valence-electron chi connectivity index (χ3n) is 4.14. The Hall–Kier alpha value is -1.81. The molecule has 2 N–H and O–H groups in total. The third kappa shape index (κ3) is 2.95. The lowest BCUT2D eigenvalue weighted by Gasteiger charge is -2.19. The maximum absolute atomic E-state index is 12.3. The molecule has 2 aromatic rings. The highest BCUT2D eigenvalue weighted by atomic mass is 32.1. The predicted molar refractivity (Wildman–Crippen MR) is 86.2 cm³/mol. The van der Waals surface area contributed by atoms with Crippen LogP contribution in [0.15, 0.2) is 30.3 Å². The summed E-state index contributed by atoms with van der Waals surface area (Å²) >= 11 is 1.59. The van der Waals surface area contributed by atoms with Gasteiger partial charge in [-0.2, -0.15) is 0 Å². The minimum atomic E-state index is -0.135. The van der Waals surface area contributed by atoms with E-state index in [2.05, 4.69) is 12.2 Å². The molecule has 0 fully saturated rings. The number of nitrogens with one attached hydrogen (secondary N) is 1. The molecule has 0 aliphatic heterocycles. The Morgan fingerprint density at radius 3 is 3.00 bits per heavy atom. The number of para-hydroxylation sites is 2. The van der Waals surface area contributed by atoms with Gasteiger partial charge in [-0.1, -0.05) is 25.5 Å². The van der Waals surface area contributed by atoms with Gasteiger partial charge >= 0.3 is 0 Å². The first kappa shape index (κ1) is 14.1. The van der Waals surface area contributed by atoms with E-state index in [1.165, 1.54) is 23.3 Å². The summed E-state index contributed by atoms with van der Waals surface area (Å²) < 4.78 is 0. The number of anilines is 1. The van der Waals surface area contributed by atoms with Crippen molar-refractivity contribution in [1.82, 2.24) is 0 Å². The van der Waals surface area contributed by atoms with Crippen molar-refractivity contribution >= 4 is 22.9 Å². The Morgan fingerprint density at radius 2 is 2.24 bits per heavy atom. The standard InChI is InChI=1S/C17H19NO2S/c1-2-11-7-8-15-12(9-11)10-16(21-15)17(20)18-13-5-3-4-6-14(13)19/h3-6,10-11,19H,2,7-9H2,1H3,(H,18,20)/t11-/m0/s1. The summed E-state index contributed by atoms with van der Waals surface area (Å²) in [4.78, 5) is 14.4. The van der Waals surface area contributed by atoms with E-state index < -0.39 is 0 Å². The van der Waals surface area contributed by atoms with Crippen LogP contribution in [-0.2, 0) is 12.8 Å². The number of amides is 1. The van der Waals surface area contributed by atoms with Gasteiger partial charge in [0.2, 0.25) is 0 Å². The first-order chi connectivity index (χ1) is 10.2. The molecule has 110 valence electrons. The second-order valence-corrected chi connectivity index (χ2v) is 6.68. The average Bonchev–Trinajstić information content (AvgIpc) is 2.92. The monoisotopic (exact) mass is 301 g/mol. The van der Waals surface area contributed by atoms with E-state index in [9.17, 15) is 9.90 Å². The lowest BCUT2D eigenvalue weighted by molar-refractivity contribution is 0.103. The number of carbonyl (C=O) groups is 1. The molecule has 3 rings (SSSR count). The smallest absolute Gasteiger partial charge is 0.265 e. The van der Waals surface area contributed by atoms with Crippen molar-refractivity contribution in [2.45, 2.75) is 32.6 Å². The molecule has 1 aromatic carbocycles. The first-order valence-corrected chi connectivity index (χ1v) is 8.20. The largest absolute Gasteiger partial charge is 0.506 e. The van der Waals surface area contributed by atoms with Gasteiger partial charge in [-0.05, 0) is 48.9 Å². The lowest BCUT2D eigenvalue weighted by atomic mass is 9.87. The molecular weight excluding hydrogens is 282 g/mol. The molecule has 1 aliphatic rings. The Morgan fingerprint density at radius 1 is 1.43 bits per heavy atom. The molecule has 1 aliphatic carbocycles.